The molecule has 2 unspecified atom stereocenters. The van der Waals surface area contributed by atoms with Crippen LogP contribution >= 0.6 is 0 Å². The van der Waals surface area contributed by atoms with Crippen LogP contribution in [0.5, 0.6) is 5.75 Å². The fourth-order valence-corrected chi connectivity index (χ4v) is 3.02. The normalized spacial score (nSPS) is 18.1. The van der Waals surface area contributed by atoms with Crippen molar-refractivity contribution in [2.24, 2.45) is 0 Å². The Morgan fingerprint density at radius 3 is 2.81 bits per heavy atom. The zero-order valence-electron chi connectivity index (χ0n) is 12.4. The van der Waals surface area contributed by atoms with Crippen molar-refractivity contribution < 1.29 is 9.13 Å². The molecular weight excluding hydrogens is 265 g/mol. The lowest BCUT2D eigenvalue weighted by Crippen LogP contribution is -2.35. The van der Waals surface area contributed by atoms with Gasteiger partial charge in [0.05, 0.1) is 6.04 Å². The highest BCUT2D eigenvalue weighted by Crippen LogP contribution is 2.34. The van der Waals surface area contributed by atoms with Crippen molar-refractivity contribution in [1.29, 1.82) is 0 Å². The lowest BCUT2D eigenvalue weighted by Gasteiger charge is -2.25. The second-order valence-electron chi connectivity index (χ2n) is 5.57. The summed E-state index contributed by atoms with van der Waals surface area (Å²) in [5.41, 5.74) is 3.11. The Kier molecular flexibility index (Phi) is 3.93. The van der Waals surface area contributed by atoms with Crippen LogP contribution < -0.4 is 10.1 Å². The van der Waals surface area contributed by atoms with Gasteiger partial charge < -0.3 is 10.1 Å². The van der Waals surface area contributed by atoms with Crippen molar-refractivity contribution >= 4 is 0 Å². The van der Waals surface area contributed by atoms with Crippen molar-refractivity contribution in [3.8, 4) is 5.75 Å². The fraction of sp³-hybridized carbons (Fsp3) is 0.333. The Bertz CT molecular complexity index is 596. The summed E-state index contributed by atoms with van der Waals surface area (Å²) < 4.78 is 19.8. The van der Waals surface area contributed by atoms with Gasteiger partial charge in [0, 0.05) is 6.42 Å². The average Bonchev–Trinajstić information content (AvgIpc) is 2.87. The molecule has 0 aromatic heterocycles. The third kappa shape index (κ3) is 2.93. The van der Waals surface area contributed by atoms with E-state index in [0.29, 0.717) is 0 Å². The minimum Gasteiger partial charge on any atom is -0.488 e. The molecule has 1 aliphatic heterocycles. The summed E-state index contributed by atoms with van der Waals surface area (Å²) in [6.45, 7) is 4.79. The second-order valence-corrected chi connectivity index (χ2v) is 5.57. The summed E-state index contributed by atoms with van der Waals surface area (Å²) >= 11 is 0. The summed E-state index contributed by atoms with van der Waals surface area (Å²) in [4.78, 5) is 0. The van der Waals surface area contributed by atoms with E-state index in [9.17, 15) is 4.39 Å². The predicted octanol–water partition coefficient (Wildman–Crippen LogP) is 3.79. The number of hydrogen-bond acceptors (Lipinski definition) is 2. The summed E-state index contributed by atoms with van der Waals surface area (Å²) in [6, 6.07) is 13.3. The Morgan fingerprint density at radius 1 is 1.29 bits per heavy atom. The van der Waals surface area contributed by atoms with Crippen LogP contribution in [0.2, 0.25) is 0 Å². The number of para-hydroxylation sites is 1. The minimum absolute atomic E-state index is 0.00296. The van der Waals surface area contributed by atoms with Crippen LogP contribution in [0.4, 0.5) is 4.39 Å². The number of fused-ring (bicyclic) bond motifs is 1. The summed E-state index contributed by atoms with van der Waals surface area (Å²) in [5.74, 6) is 0.752. The number of halogens is 1. The molecule has 0 amide bonds. The van der Waals surface area contributed by atoms with Gasteiger partial charge in [-0.05, 0) is 48.4 Å². The third-order valence-electron chi connectivity index (χ3n) is 3.89. The quantitative estimate of drug-likeness (QED) is 0.923. The molecule has 0 bridgehead atoms. The highest BCUT2D eigenvalue weighted by atomic mass is 19.1. The Hall–Kier alpha value is -1.87. The molecule has 3 heteroatoms. The van der Waals surface area contributed by atoms with Crippen molar-refractivity contribution in [3.63, 3.8) is 0 Å². The molecule has 2 aromatic rings. The van der Waals surface area contributed by atoms with Crippen LogP contribution in [-0.4, -0.2) is 12.6 Å². The molecule has 0 radical (unpaired) electrons. The van der Waals surface area contributed by atoms with E-state index >= 15 is 0 Å². The first-order valence-electron chi connectivity index (χ1n) is 7.42. The van der Waals surface area contributed by atoms with Gasteiger partial charge in [-0.25, -0.2) is 4.39 Å². The lowest BCUT2D eigenvalue weighted by molar-refractivity contribution is 0.179. The maximum Gasteiger partial charge on any atom is 0.123 e. The van der Waals surface area contributed by atoms with Crippen molar-refractivity contribution in [2.75, 3.05) is 6.54 Å². The first kappa shape index (κ1) is 14.1. The number of ether oxygens (including phenoxy) is 1. The number of aryl methyl sites for hydroxylation is 1. The van der Waals surface area contributed by atoms with Crippen molar-refractivity contribution in [1.82, 2.24) is 5.32 Å². The largest absolute Gasteiger partial charge is 0.488 e. The lowest BCUT2D eigenvalue weighted by atomic mass is 9.96. The molecule has 2 atom stereocenters. The van der Waals surface area contributed by atoms with Gasteiger partial charge in [0.25, 0.3) is 0 Å². The van der Waals surface area contributed by atoms with E-state index in [1.807, 2.05) is 31.2 Å². The monoisotopic (exact) mass is 285 g/mol. The van der Waals surface area contributed by atoms with Gasteiger partial charge in [-0.15, -0.1) is 0 Å². The van der Waals surface area contributed by atoms with E-state index in [1.54, 1.807) is 12.1 Å². The fourth-order valence-electron chi connectivity index (χ4n) is 3.02. The molecule has 2 aromatic carbocycles. The van der Waals surface area contributed by atoms with Gasteiger partial charge in [0.15, 0.2) is 0 Å². The van der Waals surface area contributed by atoms with E-state index < -0.39 is 0 Å². The number of likely N-dealkylation sites (N-methyl/N-ethyl adjacent to an activating group) is 1. The summed E-state index contributed by atoms with van der Waals surface area (Å²) in [6.07, 6.45) is 0.854. The molecule has 1 heterocycles. The molecule has 3 rings (SSSR count). The smallest absolute Gasteiger partial charge is 0.123 e. The number of benzene rings is 2. The van der Waals surface area contributed by atoms with Crippen LogP contribution in [0.3, 0.4) is 0 Å². The molecule has 21 heavy (non-hydrogen) atoms. The van der Waals surface area contributed by atoms with Crippen LogP contribution in [-0.2, 0) is 6.42 Å². The molecule has 0 saturated carbocycles. The van der Waals surface area contributed by atoms with Crippen LogP contribution in [0.15, 0.2) is 42.5 Å². The predicted molar refractivity (Wildman–Crippen MR) is 82.1 cm³/mol. The van der Waals surface area contributed by atoms with Crippen molar-refractivity contribution in [2.45, 2.75) is 32.4 Å². The second kappa shape index (κ2) is 5.86. The van der Waals surface area contributed by atoms with Gasteiger partial charge in [0.2, 0.25) is 0 Å². The maximum atomic E-state index is 13.7. The third-order valence-corrected chi connectivity index (χ3v) is 3.89. The summed E-state index contributed by atoms with van der Waals surface area (Å²) in [5, 5.41) is 3.44. The Balaban J connectivity index is 1.89. The van der Waals surface area contributed by atoms with Gasteiger partial charge in [-0.2, -0.15) is 0 Å². The Labute approximate surface area is 125 Å². The van der Waals surface area contributed by atoms with Gasteiger partial charge in [-0.3, -0.25) is 0 Å². The molecule has 1 N–H and O–H groups in total. The highest BCUT2D eigenvalue weighted by molar-refractivity contribution is 5.39. The van der Waals surface area contributed by atoms with E-state index in [0.717, 1.165) is 29.8 Å². The number of nitrogens with one attached hydrogen (secondary N) is 1. The van der Waals surface area contributed by atoms with E-state index in [2.05, 4.69) is 18.3 Å². The van der Waals surface area contributed by atoms with Crippen LogP contribution in [0, 0.1) is 12.7 Å². The van der Waals surface area contributed by atoms with E-state index in [-0.39, 0.29) is 18.0 Å². The van der Waals surface area contributed by atoms with Gasteiger partial charge >= 0.3 is 0 Å². The van der Waals surface area contributed by atoms with Crippen LogP contribution in [0.25, 0.3) is 0 Å². The molecule has 0 fully saturated rings. The SMILES string of the molecule is CCNC(c1cc(C)cc(F)c1)C1Cc2ccccc2O1. The topological polar surface area (TPSA) is 21.3 Å². The van der Waals surface area contributed by atoms with E-state index in [4.69, 9.17) is 4.74 Å². The molecule has 0 spiro atoms. The van der Waals surface area contributed by atoms with Crippen LogP contribution in [0.1, 0.15) is 29.7 Å². The summed E-state index contributed by atoms with van der Waals surface area (Å²) in [7, 11) is 0. The average molecular weight is 285 g/mol. The highest BCUT2D eigenvalue weighted by Gasteiger charge is 2.31. The first-order chi connectivity index (χ1) is 10.2. The molecule has 0 aliphatic carbocycles. The van der Waals surface area contributed by atoms with Gasteiger partial charge in [-0.1, -0.05) is 31.2 Å². The molecule has 2 nitrogen and oxygen atoms in total. The number of rotatable bonds is 4. The van der Waals surface area contributed by atoms with Gasteiger partial charge in [0.1, 0.15) is 17.7 Å². The van der Waals surface area contributed by atoms with E-state index in [1.165, 1.54) is 5.56 Å². The molecular formula is C18H20FNO. The Morgan fingerprint density at radius 2 is 2.10 bits per heavy atom. The zero-order valence-corrected chi connectivity index (χ0v) is 12.4. The molecule has 1 aliphatic rings. The maximum absolute atomic E-state index is 13.7. The molecule has 110 valence electrons. The van der Waals surface area contributed by atoms with Crippen molar-refractivity contribution in [3.05, 3.63) is 65.0 Å². The standard InChI is InChI=1S/C18H20FNO/c1-3-20-18(14-8-12(2)9-15(19)10-14)17-11-13-6-4-5-7-16(13)21-17/h4-10,17-18,20H,3,11H2,1-2H3. The zero-order chi connectivity index (χ0) is 14.8. The molecule has 0 saturated heterocycles. The minimum atomic E-state index is -0.191. The first-order valence-corrected chi connectivity index (χ1v) is 7.42. The number of hydrogen-bond donors (Lipinski definition) is 1.